The number of aryl methyl sites for hydroxylation is 1. The SMILES string of the molecule is Cc1nc2c3cc(Oc4cccc(-c5nc6ccccc6n5-c5c(C(C)C)cc(-c6ccccc6)cc5C(C)C)c4)cc(-c4nc5ccccc5n4-c4c(C(C)C)cc(-c5ccccc5)cc4C(C)C)c3oc2c2cc3ccccc3cc12. The van der Waals surface area contributed by atoms with Gasteiger partial charge in [-0.15, -0.1) is 0 Å². The van der Waals surface area contributed by atoms with Gasteiger partial charge in [-0.25, -0.2) is 15.0 Å². The Morgan fingerprint density at radius 1 is 0.373 bits per heavy atom. The summed E-state index contributed by atoms with van der Waals surface area (Å²) in [6.07, 6.45) is 0. The number of aromatic nitrogens is 5. The van der Waals surface area contributed by atoms with Crippen LogP contribution in [0, 0.1) is 6.92 Å². The van der Waals surface area contributed by atoms with Crippen LogP contribution in [0.1, 0.15) is 107 Å². The van der Waals surface area contributed by atoms with E-state index < -0.39 is 0 Å². The molecule has 0 aliphatic rings. The third kappa shape index (κ3) is 8.85. The van der Waals surface area contributed by atoms with E-state index in [1.807, 2.05) is 6.07 Å². The van der Waals surface area contributed by atoms with E-state index in [4.69, 9.17) is 24.1 Å². The number of benzene rings is 10. The van der Waals surface area contributed by atoms with Crippen LogP contribution in [-0.2, 0) is 0 Å². The van der Waals surface area contributed by atoms with Crippen molar-refractivity contribution in [3.8, 4) is 67.9 Å². The molecular formula is C76H65N5O2. The quantitative estimate of drug-likeness (QED) is 0.114. The first-order valence-electron chi connectivity index (χ1n) is 29.3. The zero-order valence-electron chi connectivity index (χ0n) is 48.5. The summed E-state index contributed by atoms with van der Waals surface area (Å²) in [7, 11) is 0. The Labute approximate surface area is 484 Å². The van der Waals surface area contributed by atoms with Crippen molar-refractivity contribution >= 4 is 65.7 Å². The lowest BCUT2D eigenvalue weighted by atomic mass is 9.88. The molecule has 406 valence electrons. The number of imidazole rings is 2. The molecule has 0 aliphatic carbocycles. The van der Waals surface area contributed by atoms with Gasteiger partial charge in [0.25, 0.3) is 0 Å². The highest BCUT2D eigenvalue weighted by atomic mass is 16.5. The molecule has 83 heavy (non-hydrogen) atoms. The maximum Gasteiger partial charge on any atom is 0.161 e. The highest BCUT2D eigenvalue weighted by molar-refractivity contribution is 6.18. The summed E-state index contributed by atoms with van der Waals surface area (Å²) < 4.78 is 19.4. The Morgan fingerprint density at radius 3 is 1.39 bits per heavy atom. The molecule has 0 bridgehead atoms. The number of para-hydroxylation sites is 4. The molecule has 4 heterocycles. The fourth-order valence-corrected chi connectivity index (χ4v) is 12.6. The van der Waals surface area contributed by atoms with Crippen molar-refractivity contribution in [2.45, 2.75) is 86.0 Å². The summed E-state index contributed by atoms with van der Waals surface area (Å²) in [4.78, 5) is 16.5. The molecule has 0 aliphatic heterocycles. The summed E-state index contributed by atoms with van der Waals surface area (Å²) in [5.74, 6) is 3.71. The van der Waals surface area contributed by atoms with Crippen LogP contribution in [0.25, 0.3) is 122 Å². The van der Waals surface area contributed by atoms with Gasteiger partial charge in [0, 0.05) is 22.0 Å². The van der Waals surface area contributed by atoms with Gasteiger partial charge in [-0.1, -0.05) is 177 Å². The van der Waals surface area contributed by atoms with E-state index in [9.17, 15) is 0 Å². The molecule has 7 heteroatoms. The molecule has 0 saturated carbocycles. The zero-order valence-corrected chi connectivity index (χ0v) is 48.5. The number of hydrogen-bond acceptors (Lipinski definition) is 5. The molecule has 0 radical (unpaired) electrons. The van der Waals surface area contributed by atoms with Crippen molar-refractivity contribution in [1.82, 2.24) is 24.1 Å². The predicted octanol–water partition coefficient (Wildman–Crippen LogP) is 21.2. The maximum atomic E-state index is 7.34. The third-order valence-electron chi connectivity index (χ3n) is 16.7. The summed E-state index contributed by atoms with van der Waals surface area (Å²) in [5, 5.41) is 5.20. The number of pyridine rings is 1. The molecule has 0 spiro atoms. The topological polar surface area (TPSA) is 70.9 Å². The molecule has 14 aromatic rings. The Hall–Kier alpha value is -9.59. The third-order valence-corrected chi connectivity index (χ3v) is 16.7. The normalized spacial score (nSPS) is 12.1. The first-order valence-corrected chi connectivity index (χ1v) is 29.3. The molecule has 7 nitrogen and oxygen atoms in total. The second kappa shape index (κ2) is 20.4. The summed E-state index contributed by atoms with van der Waals surface area (Å²) in [5.41, 5.74) is 20.8. The number of rotatable bonds is 12. The zero-order chi connectivity index (χ0) is 56.8. The lowest BCUT2D eigenvalue weighted by Gasteiger charge is -2.24. The highest BCUT2D eigenvalue weighted by Gasteiger charge is 2.29. The van der Waals surface area contributed by atoms with Crippen LogP contribution in [-0.4, -0.2) is 24.1 Å². The molecule has 0 saturated heterocycles. The molecule has 10 aromatic carbocycles. The first kappa shape index (κ1) is 51.5. The fourth-order valence-electron chi connectivity index (χ4n) is 12.6. The van der Waals surface area contributed by atoms with Gasteiger partial charge in [-0.3, -0.25) is 9.13 Å². The second-order valence-corrected chi connectivity index (χ2v) is 23.6. The number of nitrogens with zero attached hydrogens (tertiary/aromatic N) is 5. The monoisotopic (exact) mass is 1080 g/mol. The van der Waals surface area contributed by atoms with Crippen molar-refractivity contribution in [1.29, 1.82) is 0 Å². The van der Waals surface area contributed by atoms with Crippen LogP contribution in [0.2, 0.25) is 0 Å². The molecule has 14 rings (SSSR count). The average molecular weight is 1080 g/mol. The van der Waals surface area contributed by atoms with E-state index in [0.29, 0.717) is 17.1 Å². The summed E-state index contributed by atoms with van der Waals surface area (Å²) >= 11 is 0. The summed E-state index contributed by atoms with van der Waals surface area (Å²) in [6, 6.07) is 73.6. The Morgan fingerprint density at radius 2 is 0.843 bits per heavy atom. The van der Waals surface area contributed by atoms with Crippen LogP contribution in [0.3, 0.4) is 0 Å². The minimum atomic E-state index is 0.178. The van der Waals surface area contributed by atoms with Crippen molar-refractivity contribution in [2.24, 2.45) is 0 Å². The molecule has 4 aromatic heterocycles. The van der Waals surface area contributed by atoms with E-state index in [-0.39, 0.29) is 23.7 Å². The van der Waals surface area contributed by atoms with Gasteiger partial charge in [0.1, 0.15) is 34.2 Å². The van der Waals surface area contributed by atoms with Gasteiger partial charge in [-0.05, 0) is 171 Å². The van der Waals surface area contributed by atoms with Crippen LogP contribution in [0.15, 0.2) is 211 Å². The molecule has 0 atom stereocenters. The van der Waals surface area contributed by atoms with Crippen LogP contribution < -0.4 is 4.74 Å². The maximum absolute atomic E-state index is 7.34. The van der Waals surface area contributed by atoms with Crippen molar-refractivity contribution < 1.29 is 9.15 Å². The molecule has 0 amide bonds. The molecule has 0 fully saturated rings. The highest BCUT2D eigenvalue weighted by Crippen LogP contribution is 2.47. The minimum absolute atomic E-state index is 0.178. The Kier molecular flexibility index (Phi) is 12.7. The number of ether oxygens (including phenoxy) is 1. The number of furan rings is 1. The van der Waals surface area contributed by atoms with E-state index in [0.717, 1.165) is 94.3 Å². The second-order valence-electron chi connectivity index (χ2n) is 23.6. The molecule has 0 unspecified atom stereocenters. The van der Waals surface area contributed by atoms with Crippen LogP contribution >= 0.6 is 0 Å². The Balaban J connectivity index is 0.999. The van der Waals surface area contributed by atoms with Gasteiger partial charge in [-0.2, -0.15) is 0 Å². The smallest absolute Gasteiger partial charge is 0.161 e. The first-order chi connectivity index (χ1) is 40.4. The lowest BCUT2D eigenvalue weighted by Crippen LogP contribution is -2.09. The van der Waals surface area contributed by atoms with Crippen molar-refractivity contribution in [3.63, 3.8) is 0 Å². The minimum Gasteiger partial charge on any atom is -0.457 e. The van der Waals surface area contributed by atoms with Gasteiger partial charge in [0.2, 0.25) is 0 Å². The van der Waals surface area contributed by atoms with Gasteiger partial charge in [0.15, 0.2) is 5.58 Å². The van der Waals surface area contributed by atoms with Gasteiger partial charge >= 0.3 is 0 Å². The van der Waals surface area contributed by atoms with Gasteiger partial charge in [0.05, 0.1) is 44.4 Å². The average Bonchev–Trinajstić information content (AvgIpc) is 2.11. The van der Waals surface area contributed by atoms with E-state index >= 15 is 0 Å². The molecule has 0 N–H and O–H groups in total. The van der Waals surface area contributed by atoms with E-state index in [2.05, 4.69) is 272 Å². The number of hydrogen-bond donors (Lipinski definition) is 0. The van der Waals surface area contributed by atoms with E-state index in [1.54, 1.807) is 0 Å². The largest absolute Gasteiger partial charge is 0.457 e. The van der Waals surface area contributed by atoms with Crippen LogP contribution in [0.5, 0.6) is 11.5 Å². The predicted molar refractivity (Wildman–Crippen MR) is 345 cm³/mol. The number of fused-ring (bicyclic) bond motifs is 8. The molecular weight excluding hydrogens is 1010 g/mol. The van der Waals surface area contributed by atoms with Crippen LogP contribution in [0.4, 0.5) is 0 Å². The van der Waals surface area contributed by atoms with Crippen molar-refractivity contribution in [3.05, 3.63) is 234 Å². The fraction of sp³-hybridized carbons (Fsp3) is 0.171. The van der Waals surface area contributed by atoms with Crippen molar-refractivity contribution in [2.75, 3.05) is 0 Å². The summed E-state index contributed by atoms with van der Waals surface area (Å²) in [6.45, 7) is 20.5. The van der Waals surface area contributed by atoms with Gasteiger partial charge < -0.3 is 9.15 Å². The standard InChI is InChI=1S/C76H65N5O2/c1-44(2)58-38-54(49-23-12-10-13-24-49)39-59(45(3)4)71(58)80-68-33-20-18-31-66(68)78-75(80)53-29-22-30-56(35-53)82-57-42-64-70-74(63-37-52-28-17-16-27-51(52)36-62(63)48(9)77-70)83-73(64)65(43-57)76-79-67-32-19-21-34-69(67)81(76)72-60(46(5)6)40-55(41-61(72)47(7)8)50-25-14-11-15-26-50/h10-47H,1-9H3. The lowest BCUT2D eigenvalue weighted by molar-refractivity contribution is 0.483. The Bertz CT molecular complexity index is 4790. The van der Waals surface area contributed by atoms with E-state index in [1.165, 1.54) is 50.2 Å².